The number of carbonyl (C=O) groups is 1. The summed E-state index contributed by atoms with van der Waals surface area (Å²) in [7, 11) is 1.68. The van der Waals surface area contributed by atoms with Gasteiger partial charge in [-0.1, -0.05) is 18.2 Å². The van der Waals surface area contributed by atoms with Crippen LogP contribution in [-0.2, 0) is 6.54 Å². The molecule has 1 aromatic carbocycles. The predicted molar refractivity (Wildman–Crippen MR) is 77.4 cm³/mol. The van der Waals surface area contributed by atoms with Gasteiger partial charge in [0, 0.05) is 19.8 Å². The van der Waals surface area contributed by atoms with Crippen LogP contribution in [0.1, 0.15) is 16.1 Å². The Morgan fingerprint density at radius 2 is 2.10 bits per heavy atom. The number of benzene rings is 1. The van der Waals surface area contributed by atoms with Crippen molar-refractivity contribution in [2.45, 2.75) is 6.54 Å². The van der Waals surface area contributed by atoms with Crippen LogP contribution in [0.4, 0.5) is 4.39 Å². The van der Waals surface area contributed by atoms with Crippen molar-refractivity contribution in [3.8, 4) is 0 Å². The van der Waals surface area contributed by atoms with Crippen LogP contribution in [0.25, 0.3) is 5.52 Å². The highest BCUT2D eigenvalue weighted by Gasteiger charge is 2.15. The van der Waals surface area contributed by atoms with Crippen LogP contribution in [0.2, 0.25) is 0 Å². The summed E-state index contributed by atoms with van der Waals surface area (Å²) in [6.07, 6.45) is 1.79. The van der Waals surface area contributed by atoms with Gasteiger partial charge in [-0.05, 0) is 35.9 Å². The second-order valence-electron chi connectivity index (χ2n) is 4.89. The SMILES string of the molecule is CN(Cc1cccc(F)c1)C(=O)c1cc2ccccn2n1. The number of pyridine rings is 1. The van der Waals surface area contributed by atoms with Crippen LogP contribution in [0.3, 0.4) is 0 Å². The molecule has 3 rings (SSSR count). The minimum absolute atomic E-state index is 0.192. The average Bonchev–Trinajstić information content (AvgIpc) is 2.90. The Morgan fingerprint density at radius 3 is 2.86 bits per heavy atom. The average molecular weight is 283 g/mol. The monoisotopic (exact) mass is 283 g/mol. The van der Waals surface area contributed by atoms with Gasteiger partial charge < -0.3 is 4.90 Å². The zero-order valence-corrected chi connectivity index (χ0v) is 11.5. The van der Waals surface area contributed by atoms with Crippen LogP contribution in [-0.4, -0.2) is 27.5 Å². The van der Waals surface area contributed by atoms with Crippen molar-refractivity contribution < 1.29 is 9.18 Å². The maximum absolute atomic E-state index is 13.2. The Kier molecular flexibility index (Phi) is 3.39. The van der Waals surface area contributed by atoms with Gasteiger partial charge in [0.1, 0.15) is 5.82 Å². The first-order valence-corrected chi connectivity index (χ1v) is 6.58. The molecule has 0 radical (unpaired) electrons. The predicted octanol–water partition coefficient (Wildman–Crippen LogP) is 2.75. The molecule has 1 amide bonds. The molecule has 0 aliphatic heterocycles. The maximum atomic E-state index is 13.2. The number of carbonyl (C=O) groups excluding carboxylic acids is 1. The van der Waals surface area contributed by atoms with E-state index in [9.17, 15) is 9.18 Å². The number of halogens is 1. The molecular formula is C16H14FN3O. The van der Waals surface area contributed by atoms with E-state index in [2.05, 4.69) is 5.10 Å². The molecule has 0 fully saturated rings. The smallest absolute Gasteiger partial charge is 0.274 e. The third-order valence-corrected chi connectivity index (χ3v) is 3.24. The molecule has 0 saturated carbocycles. The molecular weight excluding hydrogens is 269 g/mol. The molecule has 0 spiro atoms. The minimum Gasteiger partial charge on any atom is -0.336 e. The summed E-state index contributed by atoms with van der Waals surface area (Å²) in [5.41, 5.74) is 1.98. The number of rotatable bonds is 3. The van der Waals surface area contributed by atoms with Crippen LogP contribution < -0.4 is 0 Å². The van der Waals surface area contributed by atoms with Gasteiger partial charge in [0.2, 0.25) is 0 Å². The van der Waals surface area contributed by atoms with Crippen molar-refractivity contribution in [3.63, 3.8) is 0 Å². The van der Waals surface area contributed by atoms with E-state index < -0.39 is 0 Å². The molecule has 4 nitrogen and oxygen atoms in total. The second-order valence-corrected chi connectivity index (χ2v) is 4.89. The molecule has 0 atom stereocenters. The zero-order valence-electron chi connectivity index (χ0n) is 11.5. The third-order valence-electron chi connectivity index (χ3n) is 3.24. The summed E-state index contributed by atoms with van der Waals surface area (Å²) in [6, 6.07) is 13.6. The van der Waals surface area contributed by atoms with E-state index in [1.165, 1.54) is 17.0 Å². The standard InChI is InChI=1S/C16H14FN3O/c1-19(11-12-5-4-6-13(17)9-12)16(21)15-10-14-7-2-3-8-20(14)18-15/h2-10H,11H2,1H3. The van der Waals surface area contributed by atoms with Crippen LogP contribution in [0.5, 0.6) is 0 Å². The highest BCUT2D eigenvalue weighted by Crippen LogP contribution is 2.11. The lowest BCUT2D eigenvalue weighted by Crippen LogP contribution is -2.26. The zero-order chi connectivity index (χ0) is 14.8. The fourth-order valence-electron chi connectivity index (χ4n) is 2.22. The Bertz CT molecular complexity index is 764. The van der Waals surface area contributed by atoms with E-state index in [1.807, 2.05) is 18.2 Å². The van der Waals surface area contributed by atoms with E-state index in [4.69, 9.17) is 0 Å². The quantitative estimate of drug-likeness (QED) is 0.741. The van der Waals surface area contributed by atoms with Crippen molar-refractivity contribution in [2.24, 2.45) is 0 Å². The number of hydrogen-bond donors (Lipinski definition) is 0. The van der Waals surface area contributed by atoms with E-state index in [-0.39, 0.29) is 11.7 Å². The first kappa shape index (κ1) is 13.3. The van der Waals surface area contributed by atoms with Crippen LogP contribution in [0, 0.1) is 5.82 Å². The number of aromatic nitrogens is 2. The Hall–Kier alpha value is -2.69. The van der Waals surface area contributed by atoms with Crippen LogP contribution >= 0.6 is 0 Å². The van der Waals surface area contributed by atoms with Gasteiger partial charge in [-0.15, -0.1) is 0 Å². The fourth-order valence-corrected chi connectivity index (χ4v) is 2.22. The summed E-state index contributed by atoms with van der Waals surface area (Å²) in [5, 5.41) is 4.24. The first-order chi connectivity index (χ1) is 10.1. The molecule has 3 aromatic rings. The van der Waals surface area contributed by atoms with Gasteiger partial charge >= 0.3 is 0 Å². The number of hydrogen-bond acceptors (Lipinski definition) is 2. The molecule has 5 heteroatoms. The van der Waals surface area contributed by atoms with Crippen molar-refractivity contribution in [1.82, 2.24) is 14.5 Å². The number of fused-ring (bicyclic) bond motifs is 1. The minimum atomic E-state index is -0.305. The molecule has 21 heavy (non-hydrogen) atoms. The Morgan fingerprint density at radius 1 is 1.24 bits per heavy atom. The molecule has 106 valence electrons. The van der Waals surface area contributed by atoms with Crippen molar-refractivity contribution in [1.29, 1.82) is 0 Å². The van der Waals surface area contributed by atoms with E-state index in [0.717, 1.165) is 11.1 Å². The summed E-state index contributed by atoms with van der Waals surface area (Å²) < 4.78 is 14.8. The van der Waals surface area contributed by atoms with Gasteiger partial charge in [0.25, 0.3) is 5.91 Å². The first-order valence-electron chi connectivity index (χ1n) is 6.58. The number of nitrogens with zero attached hydrogens (tertiary/aromatic N) is 3. The highest BCUT2D eigenvalue weighted by molar-refractivity contribution is 5.93. The van der Waals surface area contributed by atoms with Gasteiger partial charge in [-0.3, -0.25) is 4.79 Å². The van der Waals surface area contributed by atoms with Gasteiger partial charge in [-0.25, -0.2) is 8.91 Å². The van der Waals surface area contributed by atoms with Crippen molar-refractivity contribution >= 4 is 11.4 Å². The van der Waals surface area contributed by atoms with Gasteiger partial charge in [0.05, 0.1) is 5.52 Å². The summed E-state index contributed by atoms with van der Waals surface area (Å²) in [6.45, 7) is 0.338. The molecule has 2 aromatic heterocycles. The maximum Gasteiger partial charge on any atom is 0.274 e. The van der Waals surface area contributed by atoms with Crippen LogP contribution in [0.15, 0.2) is 54.7 Å². The molecule has 0 saturated heterocycles. The van der Waals surface area contributed by atoms with Crippen molar-refractivity contribution in [3.05, 3.63) is 71.8 Å². The molecule has 0 bridgehead atoms. The second kappa shape index (κ2) is 5.36. The molecule has 0 unspecified atom stereocenters. The van der Waals surface area contributed by atoms with E-state index in [0.29, 0.717) is 12.2 Å². The molecule has 0 N–H and O–H groups in total. The lowest BCUT2D eigenvalue weighted by molar-refractivity contribution is 0.0779. The van der Waals surface area contributed by atoms with Gasteiger partial charge in [0.15, 0.2) is 5.69 Å². The summed E-state index contributed by atoms with van der Waals surface area (Å²) >= 11 is 0. The van der Waals surface area contributed by atoms with E-state index >= 15 is 0 Å². The normalized spacial score (nSPS) is 10.8. The topological polar surface area (TPSA) is 37.6 Å². The highest BCUT2D eigenvalue weighted by atomic mass is 19.1. The summed E-state index contributed by atoms with van der Waals surface area (Å²) in [4.78, 5) is 13.9. The lowest BCUT2D eigenvalue weighted by atomic mass is 10.2. The molecule has 0 aliphatic carbocycles. The molecule has 2 heterocycles. The summed E-state index contributed by atoms with van der Waals surface area (Å²) in [5.74, 6) is -0.496. The van der Waals surface area contributed by atoms with E-state index in [1.54, 1.807) is 36.0 Å². The molecule has 0 aliphatic rings. The fraction of sp³-hybridized carbons (Fsp3) is 0.125. The van der Waals surface area contributed by atoms with Gasteiger partial charge in [-0.2, -0.15) is 5.10 Å². The Labute approximate surface area is 121 Å². The lowest BCUT2D eigenvalue weighted by Gasteiger charge is -2.15. The Balaban J connectivity index is 1.80. The number of amides is 1. The van der Waals surface area contributed by atoms with Crippen molar-refractivity contribution in [2.75, 3.05) is 7.05 Å². The third kappa shape index (κ3) is 2.76. The largest absolute Gasteiger partial charge is 0.336 e.